The minimum absolute atomic E-state index is 0.0956. The van der Waals surface area contributed by atoms with Crippen molar-refractivity contribution in [1.29, 1.82) is 5.26 Å². The Morgan fingerprint density at radius 3 is 2.50 bits per heavy atom. The fourth-order valence-corrected chi connectivity index (χ4v) is 2.01. The number of carbonyl (C=O) groups excluding carboxylic acids is 1. The predicted molar refractivity (Wildman–Crippen MR) is 86.8 cm³/mol. The predicted octanol–water partition coefficient (Wildman–Crippen LogP) is 4.24. The molecule has 0 aliphatic rings. The number of nitriles is 1. The molecule has 0 atom stereocenters. The summed E-state index contributed by atoms with van der Waals surface area (Å²) >= 11 is 11.8. The van der Waals surface area contributed by atoms with Crippen molar-refractivity contribution < 1.29 is 9.90 Å². The number of hydrogen-bond acceptors (Lipinski definition) is 3. The molecule has 1 amide bonds. The van der Waals surface area contributed by atoms with Gasteiger partial charge in [0.1, 0.15) is 17.4 Å². The minimum atomic E-state index is -0.597. The summed E-state index contributed by atoms with van der Waals surface area (Å²) in [5.74, 6) is -0.495. The summed E-state index contributed by atoms with van der Waals surface area (Å²) in [5, 5.41) is 21.6. The average Bonchev–Trinajstić information content (AvgIpc) is 2.50. The lowest BCUT2D eigenvalue weighted by molar-refractivity contribution is -0.112. The van der Waals surface area contributed by atoms with Crippen LogP contribution in [0.5, 0.6) is 5.75 Å². The van der Waals surface area contributed by atoms with E-state index in [0.29, 0.717) is 21.3 Å². The zero-order valence-electron chi connectivity index (χ0n) is 11.2. The fraction of sp³-hybridized carbons (Fsp3) is 0. The van der Waals surface area contributed by atoms with E-state index in [2.05, 4.69) is 5.32 Å². The third-order valence-corrected chi connectivity index (χ3v) is 3.31. The second-order valence-corrected chi connectivity index (χ2v) is 5.18. The van der Waals surface area contributed by atoms with Gasteiger partial charge in [0, 0.05) is 5.02 Å². The fourth-order valence-electron chi connectivity index (χ4n) is 1.67. The lowest BCUT2D eigenvalue weighted by atomic mass is 10.1. The number of nitrogens with one attached hydrogen (secondary N) is 1. The molecule has 6 heteroatoms. The van der Waals surface area contributed by atoms with Crippen LogP contribution in [0.4, 0.5) is 5.69 Å². The van der Waals surface area contributed by atoms with E-state index < -0.39 is 5.91 Å². The standard InChI is InChI=1S/C16H10Cl2N2O2/c17-12-3-6-14(18)15(8-12)20-16(22)11(9-19)7-10-1-4-13(21)5-2-10/h1-8,21H,(H,20,22). The van der Waals surface area contributed by atoms with Gasteiger partial charge in [-0.15, -0.1) is 0 Å². The Labute approximate surface area is 137 Å². The van der Waals surface area contributed by atoms with E-state index in [1.165, 1.54) is 24.3 Å². The van der Waals surface area contributed by atoms with Gasteiger partial charge in [-0.25, -0.2) is 0 Å². The van der Waals surface area contributed by atoms with Gasteiger partial charge in [0.15, 0.2) is 0 Å². The second kappa shape index (κ2) is 6.99. The van der Waals surface area contributed by atoms with Crippen molar-refractivity contribution in [2.24, 2.45) is 0 Å². The molecule has 0 heterocycles. The Morgan fingerprint density at radius 1 is 1.18 bits per heavy atom. The molecule has 2 aromatic rings. The van der Waals surface area contributed by atoms with Crippen LogP contribution in [-0.2, 0) is 4.79 Å². The molecule has 0 aliphatic carbocycles. The topological polar surface area (TPSA) is 73.1 Å². The maximum atomic E-state index is 12.1. The molecule has 2 N–H and O–H groups in total. The van der Waals surface area contributed by atoms with Crippen LogP contribution in [-0.4, -0.2) is 11.0 Å². The van der Waals surface area contributed by atoms with E-state index in [1.807, 2.05) is 6.07 Å². The second-order valence-electron chi connectivity index (χ2n) is 4.34. The van der Waals surface area contributed by atoms with E-state index >= 15 is 0 Å². The molecule has 0 radical (unpaired) electrons. The van der Waals surface area contributed by atoms with Crippen LogP contribution in [0.15, 0.2) is 48.0 Å². The maximum absolute atomic E-state index is 12.1. The SMILES string of the molecule is N#CC(=Cc1ccc(O)cc1)C(=O)Nc1cc(Cl)ccc1Cl. The van der Waals surface area contributed by atoms with Crippen LogP contribution in [0.3, 0.4) is 0 Å². The van der Waals surface area contributed by atoms with E-state index in [0.717, 1.165) is 0 Å². The molecule has 2 rings (SSSR count). The van der Waals surface area contributed by atoms with Gasteiger partial charge in [0.25, 0.3) is 5.91 Å². The van der Waals surface area contributed by atoms with Gasteiger partial charge >= 0.3 is 0 Å². The number of phenolic OH excluding ortho intramolecular Hbond substituents is 1. The molecule has 0 aromatic heterocycles. The van der Waals surface area contributed by atoms with Crippen molar-refractivity contribution in [3.8, 4) is 11.8 Å². The molecular weight excluding hydrogens is 323 g/mol. The molecule has 4 nitrogen and oxygen atoms in total. The molecule has 22 heavy (non-hydrogen) atoms. The third-order valence-electron chi connectivity index (χ3n) is 2.75. The van der Waals surface area contributed by atoms with Crippen molar-refractivity contribution in [3.63, 3.8) is 0 Å². The zero-order valence-corrected chi connectivity index (χ0v) is 12.7. The molecule has 0 saturated heterocycles. The summed E-state index contributed by atoms with van der Waals surface area (Å²) in [6.07, 6.45) is 1.41. The van der Waals surface area contributed by atoms with Crippen LogP contribution in [0.2, 0.25) is 10.0 Å². The normalized spacial score (nSPS) is 10.9. The van der Waals surface area contributed by atoms with Crippen molar-refractivity contribution >= 4 is 40.9 Å². The van der Waals surface area contributed by atoms with Crippen LogP contribution < -0.4 is 5.32 Å². The summed E-state index contributed by atoms with van der Waals surface area (Å²) in [7, 11) is 0. The number of rotatable bonds is 3. The summed E-state index contributed by atoms with van der Waals surface area (Å²) < 4.78 is 0. The number of carbonyl (C=O) groups is 1. The quantitative estimate of drug-likeness (QED) is 0.652. The van der Waals surface area contributed by atoms with Crippen LogP contribution in [0, 0.1) is 11.3 Å². The van der Waals surface area contributed by atoms with Crippen molar-refractivity contribution in [2.45, 2.75) is 0 Å². The molecule has 0 fully saturated rings. The number of benzene rings is 2. The van der Waals surface area contributed by atoms with Gasteiger partial charge in [-0.05, 0) is 42.0 Å². The molecule has 0 saturated carbocycles. The monoisotopic (exact) mass is 332 g/mol. The first kappa shape index (κ1) is 15.9. The van der Waals surface area contributed by atoms with Gasteiger partial charge in [-0.2, -0.15) is 5.26 Å². The number of hydrogen-bond donors (Lipinski definition) is 2. The summed E-state index contributed by atoms with van der Waals surface area (Å²) in [4.78, 5) is 12.1. The zero-order chi connectivity index (χ0) is 16.1. The van der Waals surface area contributed by atoms with Crippen LogP contribution in [0.1, 0.15) is 5.56 Å². The Balaban J connectivity index is 2.24. The Morgan fingerprint density at radius 2 is 1.86 bits per heavy atom. The number of anilines is 1. The minimum Gasteiger partial charge on any atom is -0.508 e. The Kier molecular flexibility index (Phi) is 5.05. The van der Waals surface area contributed by atoms with Gasteiger partial charge in [0.05, 0.1) is 10.7 Å². The van der Waals surface area contributed by atoms with Crippen molar-refractivity contribution in [1.82, 2.24) is 0 Å². The van der Waals surface area contributed by atoms with Crippen molar-refractivity contribution in [2.75, 3.05) is 5.32 Å². The highest BCUT2D eigenvalue weighted by Gasteiger charge is 2.11. The first-order valence-corrected chi connectivity index (χ1v) is 6.92. The Hall–Kier alpha value is -2.48. The summed E-state index contributed by atoms with van der Waals surface area (Å²) in [5.41, 5.74) is 0.842. The van der Waals surface area contributed by atoms with Crippen molar-refractivity contribution in [3.05, 3.63) is 63.6 Å². The number of aromatic hydroxyl groups is 1. The van der Waals surface area contributed by atoms with E-state index in [9.17, 15) is 9.90 Å². The van der Waals surface area contributed by atoms with Crippen LogP contribution in [0.25, 0.3) is 6.08 Å². The number of halogens is 2. The molecular formula is C16H10Cl2N2O2. The first-order valence-electron chi connectivity index (χ1n) is 6.17. The summed E-state index contributed by atoms with van der Waals surface area (Å²) in [6, 6.07) is 12.6. The van der Waals surface area contributed by atoms with E-state index in [4.69, 9.17) is 28.5 Å². The molecule has 110 valence electrons. The number of amides is 1. The van der Waals surface area contributed by atoms with Gasteiger partial charge in [-0.1, -0.05) is 35.3 Å². The molecule has 0 unspecified atom stereocenters. The number of nitrogens with zero attached hydrogens (tertiary/aromatic N) is 1. The third kappa shape index (κ3) is 4.01. The highest BCUT2D eigenvalue weighted by molar-refractivity contribution is 6.36. The van der Waals surface area contributed by atoms with Crippen LogP contribution >= 0.6 is 23.2 Å². The molecule has 0 aliphatic heterocycles. The maximum Gasteiger partial charge on any atom is 0.266 e. The largest absolute Gasteiger partial charge is 0.508 e. The molecule has 0 spiro atoms. The molecule has 0 bridgehead atoms. The number of phenols is 1. The highest BCUT2D eigenvalue weighted by Crippen LogP contribution is 2.26. The van der Waals surface area contributed by atoms with Gasteiger partial charge < -0.3 is 10.4 Å². The van der Waals surface area contributed by atoms with Gasteiger partial charge in [-0.3, -0.25) is 4.79 Å². The Bertz CT molecular complexity index is 778. The van der Waals surface area contributed by atoms with E-state index in [-0.39, 0.29) is 11.3 Å². The highest BCUT2D eigenvalue weighted by atomic mass is 35.5. The lowest BCUT2D eigenvalue weighted by Crippen LogP contribution is -2.13. The van der Waals surface area contributed by atoms with Gasteiger partial charge in [0.2, 0.25) is 0 Å². The lowest BCUT2D eigenvalue weighted by Gasteiger charge is -2.07. The first-order chi connectivity index (χ1) is 10.5. The van der Waals surface area contributed by atoms with E-state index in [1.54, 1.807) is 24.3 Å². The average molecular weight is 333 g/mol. The molecule has 2 aromatic carbocycles. The summed E-state index contributed by atoms with van der Waals surface area (Å²) in [6.45, 7) is 0. The smallest absolute Gasteiger partial charge is 0.266 e.